The number of likely N-dealkylation sites (tertiary alicyclic amines) is 1. The molecule has 0 aliphatic carbocycles. The van der Waals surface area contributed by atoms with Crippen molar-refractivity contribution in [3.05, 3.63) is 59.2 Å². The Morgan fingerprint density at radius 2 is 1.76 bits per heavy atom. The number of hydrogen-bond donors (Lipinski definition) is 0. The number of carbonyl (C=O) groups is 1. The smallest absolute Gasteiger partial charge is 0.258 e. The molecule has 3 rings (SSSR count). The summed E-state index contributed by atoms with van der Waals surface area (Å²) in [4.78, 5) is 15.3. The van der Waals surface area contributed by atoms with Crippen LogP contribution in [0.25, 0.3) is 0 Å². The summed E-state index contributed by atoms with van der Waals surface area (Å²) in [5, 5.41) is 0. The van der Waals surface area contributed by atoms with Gasteiger partial charge in [0.15, 0.2) is 9.84 Å². The fraction of sp³-hybridized carbons (Fsp3) is 0.435. The zero-order valence-electron chi connectivity index (χ0n) is 17.7. The van der Waals surface area contributed by atoms with Crippen LogP contribution in [0.5, 0.6) is 5.75 Å². The monoisotopic (exact) mass is 415 g/mol. The van der Waals surface area contributed by atoms with Crippen molar-refractivity contribution in [2.45, 2.75) is 50.0 Å². The molecule has 0 spiro atoms. The number of sulfone groups is 1. The highest BCUT2D eigenvalue weighted by Gasteiger charge is 2.32. The van der Waals surface area contributed by atoms with Crippen molar-refractivity contribution in [1.29, 1.82) is 0 Å². The van der Waals surface area contributed by atoms with Crippen molar-refractivity contribution in [3.8, 4) is 5.75 Å². The second-order valence-corrected chi connectivity index (χ2v) is 10.7. The molecule has 2 aromatic rings. The van der Waals surface area contributed by atoms with Crippen molar-refractivity contribution in [1.82, 2.24) is 4.90 Å². The van der Waals surface area contributed by atoms with Crippen molar-refractivity contribution in [2.75, 3.05) is 19.9 Å². The third-order valence-electron chi connectivity index (χ3n) is 5.50. The lowest BCUT2D eigenvalue weighted by atomic mass is 9.86. The van der Waals surface area contributed by atoms with E-state index >= 15 is 0 Å². The first-order valence-corrected chi connectivity index (χ1v) is 11.7. The van der Waals surface area contributed by atoms with Crippen molar-refractivity contribution in [3.63, 3.8) is 0 Å². The standard InChI is InChI=1S/C23H29NO4S/c1-23(2,3)17-10-8-16(9-11-17)20-7-6-14-24(20)22(25)19-15-18(29(5,26)27)12-13-21(19)28-4/h8-13,15,20H,6-7,14H2,1-5H3. The Hall–Kier alpha value is -2.34. The normalized spacial score (nSPS) is 17.4. The van der Waals surface area contributed by atoms with Crippen LogP contribution in [0.15, 0.2) is 47.4 Å². The summed E-state index contributed by atoms with van der Waals surface area (Å²) >= 11 is 0. The average Bonchev–Trinajstić information content (AvgIpc) is 3.15. The van der Waals surface area contributed by atoms with Crippen molar-refractivity contribution < 1.29 is 17.9 Å². The lowest BCUT2D eigenvalue weighted by molar-refractivity contribution is 0.0732. The maximum Gasteiger partial charge on any atom is 0.258 e. The molecule has 1 aliphatic rings. The number of hydrogen-bond acceptors (Lipinski definition) is 4. The Labute approximate surface area is 173 Å². The van der Waals surface area contributed by atoms with Gasteiger partial charge in [-0.15, -0.1) is 0 Å². The maximum absolute atomic E-state index is 13.4. The van der Waals surface area contributed by atoms with Crippen LogP contribution in [0.4, 0.5) is 0 Å². The van der Waals surface area contributed by atoms with Crippen LogP contribution in [0, 0.1) is 0 Å². The number of rotatable bonds is 4. The predicted octanol–water partition coefficient (Wildman–Crippen LogP) is 4.37. The molecule has 1 amide bonds. The number of nitrogens with zero attached hydrogens (tertiary/aromatic N) is 1. The Balaban J connectivity index is 1.95. The number of benzene rings is 2. The van der Waals surface area contributed by atoms with Gasteiger partial charge in [0, 0.05) is 12.8 Å². The van der Waals surface area contributed by atoms with E-state index in [1.54, 1.807) is 6.07 Å². The summed E-state index contributed by atoms with van der Waals surface area (Å²) < 4.78 is 29.3. The maximum atomic E-state index is 13.4. The summed E-state index contributed by atoms with van der Waals surface area (Å²) in [6.45, 7) is 7.16. The molecule has 1 atom stereocenters. The van der Waals surface area contributed by atoms with Gasteiger partial charge in [0.05, 0.1) is 23.6 Å². The van der Waals surface area contributed by atoms with Gasteiger partial charge in [0.2, 0.25) is 0 Å². The van der Waals surface area contributed by atoms with Gasteiger partial charge >= 0.3 is 0 Å². The van der Waals surface area contributed by atoms with E-state index in [0.29, 0.717) is 12.3 Å². The molecule has 1 aliphatic heterocycles. The van der Waals surface area contributed by atoms with Gasteiger partial charge in [-0.2, -0.15) is 0 Å². The molecule has 2 aromatic carbocycles. The Bertz CT molecular complexity index is 1000. The Kier molecular flexibility index (Phi) is 5.77. The first kappa shape index (κ1) is 21.4. The van der Waals surface area contributed by atoms with E-state index in [0.717, 1.165) is 24.7 Å². The molecule has 0 radical (unpaired) electrons. The Morgan fingerprint density at radius 3 is 2.31 bits per heavy atom. The predicted molar refractivity (Wildman–Crippen MR) is 114 cm³/mol. The first-order chi connectivity index (χ1) is 13.5. The minimum Gasteiger partial charge on any atom is -0.496 e. The van der Waals surface area contributed by atoms with Gasteiger partial charge in [-0.05, 0) is 47.6 Å². The summed E-state index contributed by atoms with van der Waals surface area (Å²) in [5.74, 6) is 0.186. The molecule has 0 saturated carbocycles. The van der Waals surface area contributed by atoms with Gasteiger partial charge in [-0.3, -0.25) is 4.79 Å². The van der Waals surface area contributed by atoms with Gasteiger partial charge in [0.1, 0.15) is 5.75 Å². The number of amides is 1. The SMILES string of the molecule is COc1ccc(S(C)(=O)=O)cc1C(=O)N1CCCC1c1ccc(C(C)(C)C)cc1. The molecule has 1 saturated heterocycles. The van der Waals surface area contributed by atoms with E-state index in [1.807, 2.05) is 4.90 Å². The van der Waals surface area contributed by atoms with Crippen LogP contribution in [0.1, 0.15) is 61.1 Å². The molecule has 0 aromatic heterocycles. The number of carbonyl (C=O) groups excluding carboxylic acids is 1. The molecule has 156 valence electrons. The molecular formula is C23H29NO4S. The number of ether oxygens (including phenoxy) is 1. The fourth-order valence-corrected chi connectivity index (χ4v) is 4.45. The van der Waals surface area contributed by atoms with E-state index in [9.17, 15) is 13.2 Å². The average molecular weight is 416 g/mol. The topological polar surface area (TPSA) is 63.7 Å². The van der Waals surface area contributed by atoms with E-state index in [2.05, 4.69) is 45.0 Å². The van der Waals surface area contributed by atoms with Crippen molar-refractivity contribution >= 4 is 15.7 Å². The highest BCUT2D eigenvalue weighted by Crippen LogP contribution is 2.36. The summed E-state index contributed by atoms with van der Waals surface area (Å²) in [6.07, 6.45) is 2.93. The minimum atomic E-state index is -3.42. The second-order valence-electron chi connectivity index (χ2n) is 8.66. The highest BCUT2D eigenvalue weighted by atomic mass is 32.2. The van der Waals surface area contributed by atoms with Crippen LogP contribution < -0.4 is 4.74 Å². The van der Waals surface area contributed by atoms with E-state index in [1.165, 1.54) is 24.8 Å². The quantitative estimate of drug-likeness (QED) is 0.744. The Morgan fingerprint density at radius 1 is 1.10 bits per heavy atom. The van der Waals surface area contributed by atoms with Crippen LogP contribution in [0.3, 0.4) is 0 Å². The highest BCUT2D eigenvalue weighted by molar-refractivity contribution is 7.90. The van der Waals surface area contributed by atoms with Gasteiger partial charge in [-0.25, -0.2) is 8.42 Å². The van der Waals surface area contributed by atoms with Crippen molar-refractivity contribution in [2.24, 2.45) is 0 Å². The molecule has 1 unspecified atom stereocenters. The molecule has 5 nitrogen and oxygen atoms in total. The van der Waals surface area contributed by atoms with E-state index in [-0.39, 0.29) is 27.8 Å². The second kappa shape index (κ2) is 7.82. The van der Waals surface area contributed by atoms with Crippen LogP contribution >= 0.6 is 0 Å². The summed E-state index contributed by atoms with van der Waals surface area (Å²) in [6, 6.07) is 12.9. The van der Waals surface area contributed by atoms with Gasteiger partial charge < -0.3 is 9.64 Å². The minimum absolute atomic E-state index is 0.0249. The van der Waals surface area contributed by atoms with Crippen LogP contribution in [0.2, 0.25) is 0 Å². The van der Waals surface area contributed by atoms with Gasteiger partial charge in [0.25, 0.3) is 5.91 Å². The third-order valence-corrected chi connectivity index (χ3v) is 6.61. The van der Waals surface area contributed by atoms with Gasteiger partial charge in [-0.1, -0.05) is 45.0 Å². The van der Waals surface area contributed by atoms with E-state index in [4.69, 9.17) is 4.74 Å². The molecule has 0 bridgehead atoms. The largest absolute Gasteiger partial charge is 0.496 e. The number of methoxy groups -OCH3 is 1. The van der Waals surface area contributed by atoms with Crippen LogP contribution in [-0.4, -0.2) is 39.1 Å². The first-order valence-electron chi connectivity index (χ1n) is 9.82. The molecule has 1 fully saturated rings. The molecule has 6 heteroatoms. The third kappa shape index (κ3) is 4.47. The summed E-state index contributed by atoms with van der Waals surface area (Å²) in [7, 11) is -1.93. The molecule has 0 N–H and O–H groups in total. The fourth-order valence-electron chi connectivity index (χ4n) is 3.80. The van der Waals surface area contributed by atoms with E-state index < -0.39 is 9.84 Å². The zero-order chi connectivity index (χ0) is 21.4. The van der Waals surface area contributed by atoms with Crippen LogP contribution in [-0.2, 0) is 15.3 Å². The lowest BCUT2D eigenvalue weighted by Gasteiger charge is -2.27. The lowest BCUT2D eigenvalue weighted by Crippen LogP contribution is -2.31. The summed E-state index contributed by atoms with van der Waals surface area (Å²) in [5.41, 5.74) is 2.71. The molecule has 29 heavy (non-hydrogen) atoms. The molecule has 1 heterocycles. The zero-order valence-corrected chi connectivity index (χ0v) is 18.5. The molecular weight excluding hydrogens is 386 g/mol.